The Morgan fingerprint density at radius 2 is 1.85 bits per heavy atom. The van der Waals surface area contributed by atoms with Gasteiger partial charge >= 0.3 is 0 Å². The van der Waals surface area contributed by atoms with E-state index >= 15 is 0 Å². The zero-order valence-corrected chi connectivity index (χ0v) is 20.3. The molecule has 0 saturated heterocycles. The number of fused-ring (bicyclic) bond motifs is 4. The van der Waals surface area contributed by atoms with Crippen LogP contribution in [0.4, 0.5) is 11.8 Å². The second-order valence-electron chi connectivity index (χ2n) is 9.00. The molecule has 1 aliphatic carbocycles. The Morgan fingerprint density at radius 3 is 2.70 bits per heavy atom. The molecule has 1 saturated carbocycles. The number of nitrogens with one attached hydrogen (secondary N) is 2. The third kappa shape index (κ3) is 4.37. The molecule has 7 nitrogen and oxygen atoms in total. The van der Waals surface area contributed by atoms with Crippen molar-refractivity contribution in [1.82, 2.24) is 29.8 Å². The normalized spacial score (nSPS) is 20.0. The molecule has 0 radical (unpaired) electrons. The van der Waals surface area contributed by atoms with E-state index in [1.807, 2.05) is 24.8 Å². The maximum Gasteiger partial charge on any atom is 0.230 e. The van der Waals surface area contributed by atoms with Crippen molar-refractivity contribution in [3.05, 3.63) is 48.0 Å². The van der Waals surface area contributed by atoms with Crippen LogP contribution in [0.2, 0.25) is 0 Å². The number of nitrogens with zero attached hydrogens (tertiary/aromatic N) is 5. The molecule has 2 N–H and O–H groups in total. The summed E-state index contributed by atoms with van der Waals surface area (Å²) in [5.74, 6) is 2.20. The van der Waals surface area contributed by atoms with Crippen molar-refractivity contribution in [2.24, 2.45) is 5.92 Å². The van der Waals surface area contributed by atoms with Gasteiger partial charge in [0, 0.05) is 41.9 Å². The van der Waals surface area contributed by atoms with Crippen molar-refractivity contribution in [2.45, 2.75) is 51.6 Å². The predicted octanol–water partition coefficient (Wildman–Crippen LogP) is 5.36. The molecular weight excluding hydrogens is 457 g/mol. The molecule has 0 unspecified atom stereocenters. The van der Waals surface area contributed by atoms with Gasteiger partial charge in [-0.2, -0.15) is 4.98 Å². The Kier molecular flexibility index (Phi) is 7.02. The number of hydrogen-bond acceptors (Lipinski definition) is 6. The predicted molar refractivity (Wildman–Crippen MR) is 137 cm³/mol. The molecule has 0 aromatic carbocycles. The summed E-state index contributed by atoms with van der Waals surface area (Å²) in [5.41, 5.74) is 4.76. The summed E-state index contributed by atoms with van der Waals surface area (Å²) in [5, 5.41) is 9.00. The second-order valence-corrected chi connectivity index (χ2v) is 9.00. The lowest BCUT2D eigenvalue weighted by Crippen LogP contribution is -2.23. The molecule has 0 atom stereocenters. The van der Waals surface area contributed by atoms with Gasteiger partial charge in [-0.05, 0) is 67.8 Å². The quantitative estimate of drug-likeness (QED) is 0.406. The highest BCUT2D eigenvalue weighted by atomic mass is 35.5. The second kappa shape index (κ2) is 9.79. The molecule has 5 heterocycles. The van der Waals surface area contributed by atoms with Crippen LogP contribution in [0.1, 0.15) is 49.8 Å². The first-order valence-corrected chi connectivity index (χ1v) is 11.3. The molecule has 0 spiro atoms. The van der Waals surface area contributed by atoms with Crippen LogP contribution in [0.15, 0.2) is 36.9 Å². The smallest absolute Gasteiger partial charge is 0.230 e. The first-order valence-electron chi connectivity index (χ1n) is 11.3. The van der Waals surface area contributed by atoms with E-state index in [4.69, 9.17) is 4.98 Å². The molecule has 9 heteroatoms. The largest absolute Gasteiger partial charge is 0.321 e. The van der Waals surface area contributed by atoms with Crippen LogP contribution >= 0.6 is 24.8 Å². The van der Waals surface area contributed by atoms with Gasteiger partial charge in [-0.3, -0.25) is 4.98 Å². The molecule has 33 heavy (non-hydrogen) atoms. The van der Waals surface area contributed by atoms with Gasteiger partial charge in [-0.1, -0.05) is 6.92 Å². The van der Waals surface area contributed by atoms with Crippen molar-refractivity contribution < 1.29 is 0 Å². The summed E-state index contributed by atoms with van der Waals surface area (Å²) in [4.78, 5) is 18.6. The van der Waals surface area contributed by atoms with Gasteiger partial charge in [0.15, 0.2) is 0 Å². The maximum atomic E-state index is 4.97. The Labute approximate surface area is 205 Å². The number of anilines is 2. The van der Waals surface area contributed by atoms with Gasteiger partial charge in [0.25, 0.3) is 0 Å². The topological polar surface area (TPSA) is 80.5 Å². The van der Waals surface area contributed by atoms with E-state index in [9.17, 15) is 0 Å². The summed E-state index contributed by atoms with van der Waals surface area (Å²) in [6, 6.07) is 4.67. The first kappa shape index (κ1) is 23.7. The van der Waals surface area contributed by atoms with Crippen LogP contribution in [0.3, 0.4) is 0 Å². The Bertz CT molecular complexity index is 1260. The van der Waals surface area contributed by atoms with Crippen molar-refractivity contribution in [3.8, 4) is 0 Å². The fourth-order valence-electron chi connectivity index (χ4n) is 5.14. The number of hydrogen-bond donors (Lipinski definition) is 2. The van der Waals surface area contributed by atoms with Gasteiger partial charge in [0.05, 0.1) is 11.7 Å². The monoisotopic (exact) mass is 485 g/mol. The van der Waals surface area contributed by atoms with E-state index < -0.39 is 0 Å². The van der Waals surface area contributed by atoms with Crippen molar-refractivity contribution in [2.75, 3.05) is 11.9 Å². The molecule has 4 aromatic rings. The lowest BCUT2D eigenvalue weighted by molar-refractivity contribution is 0.298. The number of rotatable bonds is 3. The number of halogens is 2. The van der Waals surface area contributed by atoms with Gasteiger partial charge in [-0.25, -0.2) is 9.97 Å². The third-order valence-electron chi connectivity index (χ3n) is 6.91. The van der Waals surface area contributed by atoms with Crippen molar-refractivity contribution in [3.63, 3.8) is 0 Å². The van der Waals surface area contributed by atoms with E-state index in [1.165, 1.54) is 42.2 Å². The average molecular weight is 486 g/mol. The fraction of sp³-hybridized carbons (Fsp3) is 0.417. The molecule has 174 valence electrons. The molecule has 1 aliphatic heterocycles. The van der Waals surface area contributed by atoms with Crippen LogP contribution in [0.5, 0.6) is 0 Å². The lowest BCUT2D eigenvalue weighted by Gasteiger charge is -2.28. The summed E-state index contributed by atoms with van der Waals surface area (Å²) in [7, 11) is 0. The molecule has 2 aliphatic rings. The van der Waals surface area contributed by atoms with Crippen LogP contribution in [0, 0.1) is 5.92 Å². The van der Waals surface area contributed by atoms with Gasteiger partial charge < -0.3 is 15.2 Å². The van der Waals surface area contributed by atoms with Crippen molar-refractivity contribution in [1.29, 1.82) is 0 Å². The number of pyridine rings is 2. The molecule has 0 bridgehead atoms. The van der Waals surface area contributed by atoms with Crippen molar-refractivity contribution >= 4 is 58.5 Å². The lowest BCUT2D eigenvalue weighted by atomic mass is 9.87. The van der Waals surface area contributed by atoms with Gasteiger partial charge in [-0.15, -0.1) is 24.8 Å². The summed E-state index contributed by atoms with van der Waals surface area (Å²) < 4.78 is 2.41. The van der Waals surface area contributed by atoms with Crippen LogP contribution in [0.25, 0.3) is 21.9 Å². The summed E-state index contributed by atoms with van der Waals surface area (Å²) in [6.07, 6.45) is 13.6. The fourth-order valence-corrected chi connectivity index (χ4v) is 5.14. The molecule has 4 aromatic heterocycles. The highest BCUT2D eigenvalue weighted by Gasteiger charge is 2.24. The third-order valence-corrected chi connectivity index (χ3v) is 6.91. The SMILES string of the molecule is C[C@H]1CC[C@H](n2c3cnccc3c3cnc(Nc4cc5c(cn4)CNCC5)nc32)CC1.Cl.Cl. The minimum atomic E-state index is 0. The first-order chi connectivity index (χ1) is 15.3. The summed E-state index contributed by atoms with van der Waals surface area (Å²) >= 11 is 0. The van der Waals surface area contributed by atoms with Crippen LogP contribution < -0.4 is 10.6 Å². The molecule has 1 fully saturated rings. The van der Waals surface area contributed by atoms with Crippen LogP contribution in [-0.4, -0.2) is 31.0 Å². The molecule has 6 rings (SSSR count). The zero-order valence-electron chi connectivity index (χ0n) is 18.6. The van der Waals surface area contributed by atoms with E-state index in [0.717, 1.165) is 47.8 Å². The highest BCUT2D eigenvalue weighted by Crippen LogP contribution is 2.38. The standard InChI is InChI=1S/C24H27N7.2ClH/c1-15-2-4-18(5-3-15)31-21-14-26-9-7-19(21)20-13-28-24(30-23(20)31)29-22-10-16-6-8-25-11-17(16)12-27-22;;/h7,9-10,12-15,18,25H,2-6,8,11H2,1H3,(H,27,28,29,30);2*1H/t15-,18-;;. The van der Waals surface area contributed by atoms with E-state index in [2.05, 4.69) is 49.2 Å². The summed E-state index contributed by atoms with van der Waals surface area (Å²) in [6.45, 7) is 4.25. The molecule has 0 amide bonds. The van der Waals surface area contributed by atoms with E-state index in [-0.39, 0.29) is 24.8 Å². The van der Waals surface area contributed by atoms with Crippen LogP contribution in [-0.2, 0) is 13.0 Å². The average Bonchev–Trinajstić information content (AvgIpc) is 3.13. The van der Waals surface area contributed by atoms with E-state index in [0.29, 0.717) is 12.0 Å². The highest BCUT2D eigenvalue weighted by molar-refractivity contribution is 6.06. The van der Waals surface area contributed by atoms with Gasteiger partial charge in [0.1, 0.15) is 11.5 Å². The van der Waals surface area contributed by atoms with Gasteiger partial charge in [0.2, 0.25) is 5.95 Å². The molecular formula is C24H29Cl2N7. The maximum absolute atomic E-state index is 4.97. The zero-order chi connectivity index (χ0) is 20.8. The number of aromatic nitrogens is 5. The minimum absolute atomic E-state index is 0. The Balaban J connectivity index is 0.00000130. The minimum Gasteiger partial charge on any atom is -0.321 e. The Hall–Kier alpha value is -2.48. The Morgan fingerprint density at radius 1 is 1.00 bits per heavy atom. The van der Waals surface area contributed by atoms with E-state index in [1.54, 1.807) is 0 Å².